The van der Waals surface area contributed by atoms with Crippen molar-refractivity contribution in [1.82, 2.24) is 5.32 Å². The third kappa shape index (κ3) is 3.21. The fourth-order valence-corrected chi connectivity index (χ4v) is 1.53. The Morgan fingerprint density at radius 1 is 1.38 bits per heavy atom. The van der Waals surface area contributed by atoms with Gasteiger partial charge in [0, 0.05) is 17.3 Å². The highest BCUT2D eigenvalue weighted by Crippen LogP contribution is 2.09. The van der Waals surface area contributed by atoms with Gasteiger partial charge in [-0.25, -0.2) is 0 Å². The minimum Gasteiger partial charge on any atom is -0.399 e. The molecule has 3 nitrogen and oxygen atoms in total. The van der Waals surface area contributed by atoms with Gasteiger partial charge in [0.05, 0.1) is 0 Å². The Bertz CT molecular complexity index is 391. The van der Waals surface area contributed by atoms with E-state index in [1.54, 1.807) is 12.1 Å². The second-order valence-corrected chi connectivity index (χ2v) is 4.97. The topological polar surface area (TPSA) is 55.1 Å². The van der Waals surface area contributed by atoms with Gasteiger partial charge < -0.3 is 11.1 Å². The average molecular weight is 238 g/mol. The standard InChI is InChI=1S/C12H19N2OP/c1-7(2)8(3)14-12(15)10-6-9(13)4-5-11(10)16/h4-8H,13,16H2,1-3H3,(H,14,15). The van der Waals surface area contributed by atoms with E-state index in [1.165, 1.54) is 0 Å². The number of amides is 1. The fourth-order valence-electron chi connectivity index (χ4n) is 1.22. The van der Waals surface area contributed by atoms with Crippen LogP contribution in [0.5, 0.6) is 0 Å². The highest BCUT2D eigenvalue weighted by molar-refractivity contribution is 7.27. The Morgan fingerprint density at radius 2 is 2.00 bits per heavy atom. The smallest absolute Gasteiger partial charge is 0.252 e. The quantitative estimate of drug-likeness (QED) is 0.620. The summed E-state index contributed by atoms with van der Waals surface area (Å²) < 4.78 is 0. The van der Waals surface area contributed by atoms with Crippen LogP contribution in [-0.4, -0.2) is 11.9 Å². The van der Waals surface area contributed by atoms with Crippen molar-refractivity contribution in [3.63, 3.8) is 0 Å². The Labute approximate surface area is 99.0 Å². The second-order valence-electron chi connectivity index (χ2n) is 4.35. The van der Waals surface area contributed by atoms with Crippen LogP contribution in [0, 0.1) is 5.92 Å². The molecule has 3 N–H and O–H groups in total. The SMILES string of the molecule is CC(C)C(C)NC(=O)c1cc(N)ccc1P. The summed E-state index contributed by atoms with van der Waals surface area (Å²) in [6, 6.07) is 5.46. The van der Waals surface area contributed by atoms with Crippen LogP contribution in [0.4, 0.5) is 5.69 Å². The van der Waals surface area contributed by atoms with Gasteiger partial charge in [0.15, 0.2) is 0 Å². The van der Waals surface area contributed by atoms with Crippen LogP contribution in [-0.2, 0) is 0 Å². The number of rotatable bonds is 3. The summed E-state index contributed by atoms with van der Waals surface area (Å²) in [4.78, 5) is 12.0. The zero-order chi connectivity index (χ0) is 12.3. The van der Waals surface area contributed by atoms with Gasteiger partial charge in [-0.3, -0.25) is 4.79 Å². The van der Waals surface area contributed by atoms with E-state index in [2.05, 4.69) is 28.4 Å². The molecule has 0 aliphatic rings. The lowest BCUT2D eigenvalue weighted by Gasteiger charge is -2.18. The Kier molecular flexibility index (Phi) is 4.31. The zero-order valence-electron chi connectivity index (χ0n) is 9.95. The van der Waals surface area contributed by atoms with E-state index in [4.69, 9.17) is 5.73 Å². The maximum absolute atomic E-state index is 12.0. The third-order valence-corrected chi connectivity index (χ3v) is 3.18. The average Bonchev–Trinajstić information content (AvgIpc) is 2.21. The van der Waals surface area contributed by atoms with Gasteiger partial charge >= 0.3 is 0 Å². The van der Waals surface area contributed by atoms with Crippen molar-refractivity contribution in [3.05, 3.63) is 23.8 Å². The molecule has 0 saturated heterocycles. The monoisotopic (exact) mass is 238 g/mol. The number of carbonyl (C=O) groups excluding carboxylic acids is 1. The first kappa shape index (κ1) is 13.0. The molecule has 0 aliphatic heterocycles. The van der Waals surface area contributed by atoms with Crippen LogP contribution in [0.15, 0.2) is 18.2 Å². The van der Waals surface area contributed by atoms with Crippen molar-refractivity contribution in [1.29, 1.82) is 0 Å². The number of anilines is 1. The van der Waals surface area contributed by atoms with E-state index in [0.29, 0.717) is 17.2 Å². The van der Waals surface area contributed by atoms with Crippen molar-refractivity contribution in [2.24, 2.45) is 5.92 Å². The first-order valence-corrected chi connectivity index (χ1v) is 5.95. The Hall–Kier alpha value is -1.08. The first-order valence-electron chi connectivity index (χ1n) is 5.37. The predicted octanol–water partition coefficient (Wildman–Crippen LogP) is 1.54. The number of hydrogen-bond donors (Lipinski definition) is 2. The number of nitrogen functional groups attached to an aromatic ring is 1. The van der Waals surface area contributed by atoms with Gasteiger partial charge in [0.1, 0.15) is 0 Å². The molecule has 2 atom stereocenters. The number of nitrogens with two attached hydrogens (primary N) is 1. The molecule has 0 fully saturated rings. The maximum atomic E-state index is 12.0. The van der Waals surface area contributed by atoms with Crippen LogP contribution < -0.4 is 16.4 Å². The molecular weight excluding hydrogens is 219 g/mol. The van der Waals surface area contributed by atoms with Gasteiger partial charge in [0.25, 0.3) is 5.91 Å². The van der Waals surface area contributed by atoms with Crippen molar-refractivity contribution in [3.8, 4) is 0 Å². The molecule has 0 saturated carbocycles. The molecule has 1 rings (SSSR count). The van der Waals surface area contributed by atoms with E-state index >= 15 is 0 Å². The molecule has 0 aromatic heterocycles. The van der Waals surface area contributed by atoms with E-state index in [9.17, 15) is 4.79 Å². The summed E-state index contributed by atoms with van der Waals surface area (Å²) in [5.41, 5.74) is 6.89. The summed E-state index contributed by atoms with van der Waals surface area (Å²) in [5.74, 6) is 0.344. The number of benzene rings is 1. The van der Waals surface area contributed by atoms with Gasteiger partial charge in [-0.2, -0.15) is 0 Å². The maximum Gasteiger partial charge on any atom is 0.252 e. The summed E-state index contributed by atoms with van der Waals surface area (Å²) >= 11 is 0. The Balaban J connectivity index is 2.84. The molecule has 1 amide bonds. The lowest BCUT2D eigenvalue weighted by atomic mass is 10.1. The van der Waals surface area contributed by atoms with Gasteiger partial charge in [-0.05, 0) is 30.3 Å². The van der Waals surface area contributed by atoms with Crippen LogP contribution >= 0.6 is 9.24 Å². The predicted molar refractivity (Wildman–Crippen MR) is 72.0 cm³/mol. The first-order chi connectivity index (χ1) is 7.41. The second kappa shape index (κ2) is 5.31. The molecule has 4 heteroatoms. The van der Waals surface area contributed by atoms with E-state index in [-0.39, 0.29) is 11.9 Å². The van der Waals surface area contributed by atoms with Crippen molar-refractivity contribution in [2.45, 2.75) is 26.8 Å². The van der Waals surface area contributed by atoms with Gasteiger partial charge in [0.2, 0.25) is 0 Å². The van der Waals surface area contributed by atoms with Gasteiger partial charge in [-0.15, -0.1) is 9.24 Å². The molecule has 1 aromatic rings. The minimum absolute atomic E-state index is 0.0708. The minimum atomic E-state index is -0.0708. The Morgan fingerprint density at radius 3 is 2.56 bits per heavy atom. The van der Waals surface area contributed by atoms with Crippen LogP contribution in [0.3, 0.4) is 0 Å². The molecule has 1 aromatic carbocycles. The highest BCUT2D eigenvalue weighted by Gasteiger charge is 2.14. The molecule has 0 radical (unpaired) electrons. The van der Waals surface area contributed by atoms with E-state index < -0.39 is 0 Å². The fraction of sp³-hybridized carbons (Fsp3) is 0.417. The third-order valence-electron chi connectivity index (χ3n) is 2.68. The lowest BCUT2D eigenvalue weighted by Crippen LogP contribution is -2.37. The molecule has 88 valence electrons. The molecule has 0 heterocycles. The van der Waals surface area contributed by atoms with Crippen LogP contribution in [0.2, 0.25) is 0 Å². The summed E-state index contributed by atoms with van der Waals surface area (Å²) in [7, 11) is 2.55. The highest BCUT2D eigenvalue weighted by atomic mass is 31.0. The summed E-state index contributed by atoms with van der Waals surface area (Å²) in [6.45, 7) is 6.15. The zero-order valence-corrected chi connectivity index (χ0v) is 11.1. The molecule has 0 aliphatic carbocycles. The molecule has 2 unspecified atom stereocenters. The molecule has 0 bridgehead atoms. The van der Waals surface area contributed by atoms with Gasteiger partial charge in [-0.1, -0.05) is 19.9 Å². The normalized spacial score (nSPS) is 12.6. The van der Waals surface area contributed by atoms with E-state index in [1.807, 2.05) is 13.0 Å². The van der Waals surface area contributed by atoms with Crippen molar-refractivity contribution >= 4 is 26.1 Å². The number of carbonyl (C=O) groups is 1. The largest absolute Gasteiger partial charge is 0.399 e. The summed E-state index contributed by atoms with van der Waals surface area (Å²) in [6.07, 6.45) is 0. The molecule has 0 spiro atoms. The lowest BCUT2D eigenvalue weighted by molar-refractivity contribution is 0.0932. The number of nitrogens with one attached hydrogen (secondary N) is 1. The molecular formula is C12H19N2OP. The van der Waals surface area contributed by atoms with E-state index in [0.717, 1.165) is 5.30 Å². The van der Waals surface area contributed by atoms with Crippen LogP contribution in [0.25, 0.3) is 0 Å². The number of hydrogen-bond acceptors (Lipinski definition) is 2. The summed E-state index contributed by atoms with van der Waals surface area (Å²) in [5, 5.41) is 3.82. The van der Waals surface area contributed by atoms with Crippen molar-refractivity contribution < 1.29 is 4.79 Å². The molecule has 16 heavy (non-hydrogen) atoms. The van der Waals surface area contributed by atoms with Crippen molar-refractivity contribution in [2.75, 3.05) is 5.73 Å². The van der Waals surface area contributed by atoms with Crippen LogP contribution in [0.1, 0.15) is 31.1 Å².